The summed E-state index contributed by atoms with van der Waals surface area (Å²) in [6.07, 6.45) is 1.87. The quantitative estimate of drug-likeness (QED) is 0.484. The van der Waals surface area contributed by atoms with Gasteiger partial charge in [-0.15, -0.1) is 0 Å². The second-order valence-corrected chi connectivity index (χ2v) is 7.59. The van der Waals surface area contributed by atoms with E-state index in [4.69, 9.17) is 0 Å². The van der Waals surface area contributed by atoms with Gasteiger partial charge in [-0.1, -0.05) is 40.2 Å². The number of nitrogens with one attached hydrogen (secondary N) is 1. The summed E-state index contributed by atoms with van der Waals surface area (Å²) in [7, 11) is 0. The molecule has 3 rings (SSSR count). The number of nitrogens with zero attached hydrogens (tertiary/aromatic N) is 1. The highest BCUT2D eigenvalue weighted by atomic mass is 127. The Kier molecular flexibility index (Phi) is 5.00. The molecule has 6 heteroatoms. The van der Waals surface area contributed by atoms with E-state index in [2.05, 4.69) is 48.8 Å². The molecule has 0 unspecified atom stereocenters. The number of hydrogen-bond donors (Lipinski definition) is 1. The van der Waals surface area contributed by atoms with E-state index in [1.807, 2.05) is 54.6 Å². The van der Waals surface area contributed by atoms with Crippen LogP contribution in [0.2, 0.25) is 0 Å². The van der Waals surface area contributed by atoms with Gasteiger partial charge >= 0.3 is 0 Å². The molecule has 0 saturated carbocycles. The molecule has 0 radical (unpaired) electrons. The molecule has 1 amide bonds. The van der Waals surface area contributed by atoms with Gasteiger partial charge in [0.2, 0.25) is 0 Å². The SMILES string of the molecule is O=C1NC(=Nc2ccccc2I)S/C1=C/c1ccc(Br)cc1. The van der Waals surface area contributed by atoms with E-state index in [1.165, 1.54) is 11.8 Å². The van der Waals surface area contributed by atoms with Crippen LogP contribution >= 0.6 is 50.3 Å². The first kappa shape index (κ1) is 15.8. The molecule has 1 aliphatic rings. The normalized spacial score (nSPS) is 18.0. The number of aliphatic imine (C=N–C) groups is 1. The number of thioether (sulfide) groups is 1. The van der Waals surface area contributed by atoms with Crippen LogP contribution in [0.1, 0.15) is 5.56 Å². The molecule has 0 spiro atoms. The molecule has 1 aliphatic heterocycles. The van der Waals surface area contributed by atoms with E-state index in [0.29, 0.717) is 10.1 Å². The fourth-order valence-electron chi connectivity index (χ4n) is 1.84. The summed E-state index contributed by atoms with van der Waals surface area (Å²) in [6, 6.07) is 15.6. The van der Waals surface area contributed by atoms with Gasteiger partial charge in [-0.2, -0.15) is 0 Å². The lowest BCUT2D eigenvalue weighted by molar-refractivity contribution is -0.115. The fourth-order valence-corrected chi connectivity index (χ4v) is 3.45. The summed E-state index contributed by atoms with van der Waals surface area (Å²) in [4.78, 5) is 17.2. The van der Waals surface area contributed by atoms with E-state index in [0.717, 1.165) is 19.3 Å². The average molecular weight is 485 g/mol. The Labute approximate surface area is 154 Å². The van der Waals surface area contributed by atoms with Crippen LogP contribution in [0.4, 0.5) is 5.69 Å². The molecule has 1 saturated heterocycles. The van der Waals surface area contributed by atoms with Crippen molar-refractivity contribution in [3.8, 4) is 0 Å². The molecule has 0 atom stereocenters. The third-order valence-electron chi connectivity index (χ3n) is 2.89. The Morgan fingerprint density at radius 3 is 2.59 bits per heavy atom. The summed E-state index contributed by atoms with van der Waals surface area (Å²) in [5.74, 6) is -0.113. The molecule has 2 aromatic carbocycles. The van der Waals surface area contributed by atoms with Gasteiger partial charge in [0, 0.05) is 8.04 Å². The molecule has 22 heavy (non-hydrogen) atoms. The Balaban J connectivity index is 1.84. The van der Waals surface area contributed by atoms with Gasteiger partial charge in [0.1, 0.15) is 0 Å². The molecular formula is C16H10BrIN2OS. The largest absolute Gasteiger partial charge is 0.300 e. The van der Waals surface area contributed by atoms with Crippen molar-refractivity contribution in [2.45, 2.75) is 0 Å². The molecule has 1 heterocycles. The first-order chi connectivity index (χ1) is 10.6. The number of benzene rings is 2. The monoisotopic (exact) mass is 484 g/mol. The van der Waals surface area contributed by atoms with Crippen LogP contribution in [-0.4, -0.2) is 11.1 Å². The Bertz CT molecular complexity index is 787. The molecule has 1 N–H and O–H groups in total. The average Bonchev–Trinajstić information content (AvgIpc) is 2.84. The minimum Gasteiger partial charge on any atom is -0.300 e. The van der Waals surface area contributed by atoms with Crippen molar-refractivity contribution >= 4 is 73.1 Å². The first-order valence-corrected chi connectivity index (χ1v) is 9.10. The van der Waals surface area contributed by atoms with Gasteiger partial charge in [0.05, 0.1) is 10.6 Å². The minimum absolute atomic E-state index is 0.113. The molecule has 2 aromatic rings. The molecule has 0 aromatic heterocycles. The maximum absolute atomic E-state index is 12.0. The number of para-hydroxylation sites is 1. The van der Waals surface area contributed by atoms with Crippen molar-refractivity contribution in [3.05, 3.63) is 67.0 Å². The van der Waals surface area contributed by atoms with Crippen LogP contribution < -0.4 is 5.32 Å². The topological polar surface area (TPSA) is 41.5 Å². The van der Waals surface area contributed by atoms with Crippen LogP contribution in [0.3, 0.4) is 0 Å². The number of halogens is 2. The number of carbonyl (C=O) groups is 1. The van der Waals surface area contributed by atoms with Crippen molar-refractivity contribution in [1.29, 1.82) is 0 Å². The Morgan fingerprint density at radius 2 is 1.86 bits per heavy atom. The second-order valence-electron chi connectivity index (χ2n) is 4.48. The number of amidine groups is 1. The molecule has 0 aliphatic carbocycles. The summed E-state index contributed by atoms with van der Waals surface area (Å²) in [6.45, 7) is 0. The second kappa shape index (κ2) is 6.97. The van der Waals surface area contributed by atoms with Crippen molar-refractivity contribution in [2.75, 3.05) is 0 Å². The Hall–Kier alpha value is -1.12. The van der Waals surface area contributed by atoms with Crippen molar-refractivity contribution < 1.29 is 4.79 Å². The molecule has 3 nitrogen and oxygen atoms in total. The molecule has 0 bridgehead atoms. The van der Waals surface area contributed by atoms with Gasteiger partial charge < -0.3 is 5.32 Å². The number of amides is 1. The molecular weight excluding hydrogens is 475 g/mol. The maximum Gasteiger partial charge on any atom is 0.264 e. The molecule has 1 fully saturated rings. The smallest absolute Gasteiger partial charge is 0.264 e. The predicted molar refractivity (Wildman–Crippen MR) is 104 cm³/mol. The fraction of sp³-hybridized carbons (Fsp3) is 0. The van der Waals surface area contributed by atoms with E-state index in [-0.39, 0.29) is 5.91 Å². The van der Waals surface area contributed by atoms with Crippen LogP contribution in [0, 0.1) is 3.57 Å². The van der Waals surface area contributed by atoms with Crippen LogP contribution in [-0.2, 0) is 4.79 Å². The van der Waals surface area contributed by atoms with Crippen molar-refractivity contribution in [1.82, 2.24) is 5.32 Å². The third-order valence-corrected chi connectivity index (χ3v) is 5.24. The van der Waals surface area contributed by atoms with Gasteiger partial charge in [-0.25, -0.2) is 4.99 Å². The number of hydrogen-bond acceptors (Lipinski definition) is 3. The zero-order valence-electron chi connectivity index (χ0n) is 11.2. The summed E-state index contributed by atoms with van der Waals surface area (Å²) in [5, 5.41) is 3.41. The van der Waals surface area contributed by atoms with E-state index < -0.39 is 0 Å². The van der Waals surface area contributed by atoms with Crippen LogP contribution in [0.5, 0.6) is 0 Å². The van der Waals surface area contributed by atoms with Gasteiger partial charge in [-0.05, 0) is 70.3 Å². The van der Waals surface area contributed by atoms with Crippen molar-refractivity contribution in [3.63, 3.8) is 0 Å². The summed E-state index contributed by atoms with van der Waals surface area (Å²) < 4.78 is 2.06. The van der Waals surface area contributed by atoms with Gasteiger partial charge in [-0.3, -0.25) is 4.79 Å². The Morgan fingerprint density at radius 1 is 1.14 bits per heavy atom. The van der Waals surface area contributed by atoms with E-state index >= 15 is 0 Å². The predicted octanol–water partition coefficient (Wildman–Crippen LogP) is 4.95. The summed E-state index contributed by atoms with van der Waals surface area (Å²) >= 11 is 6.99. The lowest BCUT2D eigenvalue weighted by Gasteiger charge is -1.98. The standard InChI is InChI=1S/C16H10BrIN2OS/c17-11-7-5-10(6-8-11)9-14-15(21)20-16(22-14)19-13-4-2-1-3-12(13)18/h1-9H,(H,19,20,21)/b14-9+. The summed E-state index contributed by atoms with van der Waals surface area (Å²) in [5.41, 5.74) is 1.84. The van der Waals surface area contributed by atoms with Crippen molar-refractivity contribution in [2.24, 2.45) is 4.99 Å². The van der Waals surface area contributed by atoms with Gasteiger partial charge in [0.15, 0.2) is 5.17 Å². The van der Waals surface area contributed by atoms with Crippen LogP contribution in [0.25, 0.3) is 6.08 Å². The van der Waals surface area contributed by atoms with Gasteiger partial charge in [0.25, 0.3) is 5.91 Å². The minimum atomic E-state index is -0.113. The highest BCUT2D eigenvalue weighted by molar-refractivity contribution is 14.1. The lowest BCUT2D eigenvalue weighted by atomic mass is 10.2. The van der Waals surface area contributed by atoms with E-state index in [9.17, 15) is 4.79 Å². The zero-order valence-corrected chi connectivity index (χ0v) is 15.8. The zero-order chi connectivity index (χ0) is 15.5. The highest BCUT2D eigenvalue weighted by Gasteiger charge is 2.23. The first-order valence-electron chi connectivity index (χ1n) is 6.41. The maximum atomic E-state index is 12.0. The number of rotatable bonds is 2. The highest BCUT2D eigenvalue weighted by Crippen LogP contribution is 2.29. The van der Waals surface area contributed by atoms with E-state index in [1.54, 1.807) is 0 Å². The van der Waals surface area contributed by atoms with Crippen LogP contribution in [0.15, 0.2) is 62.9 Å². The third kappa shape index (κ3) is 3.80. The molecule has 110 valence electrons. The lowest BCUT2D eigenvalue weighted by Crippen LogP contribution is -2.19. The number of carbonyl (C=O) groups excluding carboxylic acids is 1.